The van der Waals surface area contributed by atoms with E-state index >= 15 is 0 Å². The second kappa shape index (κ2) is 7.25. The molecule has 2 aliphatic rings. The van der Waals surface area contributed by atoms with Crippen LogP contribution in [0.2, 0.25) is 0 Å². The standard InChI is InChI=1S/C23H24O7/c1-12(2)5-6-13-16(24)8-7-14-21(13)30-20-11-29-17-10-19(28-4)18(27-3)9-15(17)23(20,26)22(14)25/h5,7-10,20,24,26H,6,11H2,1-4H3. The van der Waals surface area contributed by atoms with E-state index in [4.69, 9.17) is 18.9 Å². The molecule has 2 unspecified atom stereocenters. The van der Waals surface area contributed by atoms with E-state index in [-0.39, 0.29) is 29.2 Å². The number of allylic oxidation sites excluding steroid dienone is 2. The van der Waals surface area contributed by atoms with Crippen LogP contribution in [0.25, 0.3) is 0 Å². The molecule has 0 bridgehead atoms. The number of rotatable bonds is 4. The molecule has 0 amide bonds. The van der Waals surface area contributed by atoms with Gasteiger partial charge >= 0.3 is 0 Å². The van der Waals surface area contributed by atoms with Gasteiger partial charge in [0, 0.05) is 17.2 Å². The van der Waals surface area contributed by atoms with Crippen molar-refractivity contribution in [1.29, 1.82) is 0 Å². The summed E-state index contributed by atoms with van der Waals surface area (Å²) in [5, 5.41) is 22.0. The number of ketones is 1. The van der Waals surface area contributed by atoms with Crippen LogP contribution in [0.5, 0.6) is 28.7 Å². The highest BCUT2D eigenvalue weighted by atomic mass is 16.6. The van der Waals surface area contributed by atoms with E-state index in [0.717, 1.165) is 5.57 Å². The summed E-state index contributed by atoms with van der Waals surface area (Å²) >= 11 is 0. The van der Waals surface area contributed by atoms with Crippen LogP contribution in [0, 0.1) is 0 Å². The lowest BCUT2D eigenvalue weighted by molar-refractivity contribution is -0.0803. The van der Waals surface area contributed by atoms with Gasteiger partial charge in [0.15, 0.2) is 23.2 Å². The van der Waals surface area contributed by atoms with Gasteiger partial charge in [0.2, 0.25) is 5.78 Å². The number of phenols is 1. The van der Waals surface area contributed by atoms with Gasteiger partial charge in [0.05, 0.1) is 19.8 Å². The molecule has 7 heteroatoms. The highest BCUT2D eigenvalue weighted by molar-refractivity contribution is 6.07. The topological polar surface area (TPSA) is 94.5 Å². The van der Waals surface area contributed by atoms with Gasteiger partial charge in [-0.15, -0.1) is 0 Å². The number of aromatic hydroxyl groups is 1. The van der Waals surface area contributed by atoms with Crippen LogP contribution in [0.3, 0.4) is 0 Å². The Morgan fingerprint density at radius 2 is 1.93 bits per heavy atom. The minimum absolute atomic E-state index is 0.0352. The van der Waals surface area contributed by atoms with Crippen molar-refractivity contribution in [3.8, 4) is 28.7 Å². The Morgan fingerprint density at radius 1 is 1.23 bits per heavy atom. The lowest BCUT2D eigenvalue weighted by Gasteiger charge is -2.43. The summed E-state index contributed by atoms with van der Waals surface area (Å²) in [6.07, 6.45) is 1.36. The summed E-state index contributed by atoms with van der Waals surface area (Å²) in [5.41, 5.74) is 0.0892. The zero-order valence-corrected chi connectivity index (χ0v) is 17.3. The molecule has 2 aliphatic heterocycles. The minimum atomic E-state index is -1.95. The Labute approximate surface area is 174 Å². The van der Waals surface area contributed by atoms with Crippen molar-refractivity contribution >= 4 is 5.78 Å². The summed E-state index contributed by atoms with van der Waals surface area (Å²) < 4.78 is 22.5. The van der Waals surface area contributed by atoms with Gasteiger partial charge in [0.25, 0.3) is 0 Å². The Morgan fingerprint density at radius 3 is 2.60 bits per heavy atom. The van der Waals surface area contributed by atoms with Gasteiger partial charge in [0.1, 0.15) is 23.9 Å². The third-order valence-electron chi connectivity index (χ3n) is 5.55. The van der Waals surface area contributed by atoms with Crippen LogP contribution < -0.4 is 18.9 Å². The quantitative estimate of drug-likeness (QED) is 0.745. The monoisotopic (exact) mass is 412 g/mol. The zero-order chi connectivity index (χ0) is 21.6. The zero-order valence-electron chi connectivity index (χ0n) is 17.3. The maximum atomic E-state index is 13.5. The predicted molar refractivity (Wildman–Crippen MR) is 109 cm³/mol. The Kier molecular flexibility index (Phi) is 4.86. The molecule has 30 heavy (non-hydrogen) atoms. The van der Waals surface area contributed by atoms with Gasteiger partial charge in [-0.05, 0) is 38.5 Å². The Balaban J connectivity index is 1.87. The maximum absolute atomic E-state index is 13.5. The molecule has 0 aliphatic carbocycles. The molecule has 0 saturated heterocycles. The first-order chi connectivity index (χ1) is 14.3. The lowest BCUT2D eigenvalue weighted by Crippen LogP contribution is -2.57. The molecule has 4 rings (SSSR count). The van der Waals surface area contributed by atoms with E-state index in [1.54, 1.807) is 6.07 Å². The van der Waals surface area contributed by atoms with E-state index < -0.39 is 17.5 Å². The van der Waals surface area contributed by atoms with Crippen LogP contribution in [-0.4, -0.2) is 42.9 Å². The van der Waals surface area contributed by atoms with Crippen molar-refractivity contribution in [1.82, 2.24) is 0 Å². The second-order valence-corrected chi connectivity index (χ2v) is 7.64. The number of hydrogen-bond donors (Lipinski definition) is 2. The van der Waals surface area contributed by atoms with Crippen molar-refractivity contribution < 1.29 is 34.0 Å². The van der Waals surface area contributed by atoms with Crippen LogP contribution in [0.1, 0.15) is 35.3 Å². The average Bonchev–Trinajstić information content (AvgIpc) is 2.73. The molecule has 2 N–H and O–H groups in total. The van der Waals surface area contributed by atoms with Gasteiger partial charge in [-0.2, -0.15) is 0 Å². The van der Waals surface area contributed by atoms with E-state index in [2.05, 4.69) is 0 Å². The van der Waals surface area contributed by atoms with E-state index in [9.17, 15) is 15.0 Å². The third kappa shape index (κ3) is 2.89. The fourth-order valence-corrected chi connectivity index (χ4v) is 3.91. The molecule has 0 aromatic heterocycles. The molecule has 7 nitrogen and oxygen atoms in total. The van der Waals surface area contributed by atoms with Crippen molar-refractivity contribution in [2.24, 2.45) is 0 Å². The molecule has 0 saturated carbocycles. The summed E-state index contributed by atoms with van der Waals surface area (Å²) in [5.74, 6) is 0.923. The van der Waals surface area contributed by atoms with Gasteiger partial charge in [-0.25, -0.2) is 0 Å². The molecule has 2 heterocycles. The van der Waals surface area contributed by atoms with Gasteiger partial charge in [-0.1, -0.05) is 11.6 Å². The number of Topliss-reactive ketones (excluding diaryl/α,β-unsaturated/α-hetero) is 1. The number of hydrogen-bond acceptors (Lipinski definition) is 7. The summed E-state index contributed by atoms with van der Waals surface area (Å²) in [4.78, 5) is 13.5. The summed E-state index contributed by atoms with van der Waals surface area (Å²) in [6, 6.07) is 6.05. The highest BCUT2D eigenvalue weighted by Gasteiger charge is 2.56. The molecule has 0 fully saturated rings. The molecule has 2 aromatic carbocycles. The number of fused-ring (bicyclic) bond motifs is 4. The number of aliphatic hydroxyl groups is 1. The van der Waals surface area contributed by atoms with Crippen molar-refractivity contribution in [2.45, 2.75) is 32.0 Å². The number of ether oxygens (including phenoxy) is 4. The molecule has 158 valence electrons. The van der Waals surface area contributed by atoms with Crippen molar-refractivity contribution in [3.05, 3.63) is 52.6 Å². The molecule has 0 spiro atoms. The van der Waals surface area contributed by atoms with E-state index in [0.29, 0.717) is 29.2 Å². The first kappa shape index (κ1) is 20.1. The Hall–Kier alpha value is -3.19. The largest absolute Gasteiger partial charge is 0.508 e. The van der Waals surface area contributed by atoms with Crippen LogP contribution in [0.15, 0.2) is 35.9 Å². The maximum Gasteiger partial charge on any atom is 0.206 e. The average molecular weight is 412 g/mol. The van der Waals surface area contributed by atoms with Crippen molar-refractivity contribution in [3.63, 3.8) is 0 Å². The van der Waals surface area contributed by atoms with E-state index in [1.165, 1.54) is 32.4 Å². The van der Waals surface area contributed by atoms with Crippen LogP contribution >= 0.6 is 0 Å². The van der Waals surface area contributed by atoms with Gasteiger partial charge < -0.3 is 29.2 Å². The normalized spacial score (nSPS) is 21.4. The van der Waals surface area contributed by atoms with E-state index in [1.807, 2.05) is 19.9 Å². The number of carbonyl (C=O) groups is 1. The fourth-order valence-electron chi connectivity index (χ4n) is 3.91. The second-order valence-electron chi connectivity index (χ2n) is 7.64. The first-order valence-corrected chi connectivity index (χ1v) is 9.62. The number of phenolic OH excluding ortho intramolecular Hbond substituents is 1. The molecular formula is C23H24O7. The fraction of sp³-hybridized carbons (Fsp3) is 0.348. The summed E-state index contributed by atoms with van der Waals surface area (Å²) in [7, 11) is 2.97. The number of benzene rings is 2. The highest BCUT2D eigenvalue weighted by Crippen LogP contribution is 2.50. The van der Waals surface area contributed by atoms with Crippen LogP contribution in [0.4, 0.5) is 0 Å². The molecule has 0 radical (unpaired) electrons. The van der Waals surface area contributed by atoms with Gasteiger partial charge in [-0.3, -0.25) is 4.79 Å². The smallest absolute Gasteiger partial charge is 0.206 e. The SMILES string of the molecule is COc1cc2c(cc1OC)C1(O)C(=O)c3ccc(O)c(CC=C(C)C)c3OC1CO2. The lowest BCUT2D eigenvalue weighted by atomic mass is 9.77. The summed E-state index contributed by atoms with van der Waals surface area (Å²) in [6.45, 7) is 3.86. The first-order valence-electron chi connectivity index (χ1n) is 9.62. The molecule has 2 atom stereocenters. The van der Waals surface area contributed by atoms with Crippen molar-refractivity contribution in [2.75, 3.05) is 20.8 Å². The van der Waals surface area contributed by atoms with Crippen LogP contribution in [-0.2, 0) is 12.0 Å². The molecule has 2 aromatic rings. The number of carbonyl (C=O) groups excluding carboxylic acids is 1. The number of methoxy groups -OCH3 is 2. The predicted octanol–water partition coefficient (Wildman–Crippen LogP) is 3.14. The minimum Gasteiger partial charge on any atom is -0.508 e. The Bertz CT molecular complexity index is 1050. The molecular weight excluding hydrogens is 388 g/mol. The third-order valence-corrected chi connectivity index (χ3v) is 5.55.